The summed E-state index contributed by atoms with van der Waals surface area (Å²) in [6.07, 6.45) is 1.15. The van der Waals surface area contributed by atoms with E-state index in [1.807, 2.05) is 18.2 Å². The van der Waals surface area contributed by atoms with Gasteiger partial charge in [0.05, 0.1) is 7.11 Å². The Hall–Kier alpha value is -1.17. The second-order valence-electron chi connectivity index (χ2n) is 5.42. The molecule has 118 valence electrons. The molecular weight excluding hydrogens is 282 g/mol. The van der Waals surface area contributed by atoms with Crippen molar-refractivity contribution >= 4 is 17.2 Å². The fraction of sp³-hybridized carbons (Fsp3) is 0.562. The van der Waals surface area contributed by atoms with E-state index in [1.54, 1.807) is 7.11 Å². The zero-order valence-electron chi connectivity index (χ0n) is 13.6. The number of hydrogen-bond donors (Lipinski definition) is 1. The molecule has 1 aromatic carbocycles. The molecule has 4 nitrogen and oxygen atoms in total. The van der Waals surface area contributed by atoms with Crippen LogP contribution in [0.2, 0.25) is 0 Å². The van der Waals surface area contributed by atoms with E-state index < -0.39 is 0 Å². The Morgan fingerprint density at radius 3 is 2.52 bits per heavy atom. The van der Waals surface area contributed by atoms with Gasteiger partial charge in [-0.15, -0.1) is 0 Å². The molecule has 2 N–H and O–H groups in total. The first-order chi connectivity index (χ1) is 9.97. The van der Waals surface area contributed by atoms with Crippen molar-refractivity contribution in [1.29, 1.82) is 0 Å². The molecule has 1 rings (SSSR count). The highest BCUT2D eigenvalue weighted by molar-refractivity contribution is 7.80. The van der Waals surface area contributed by atoms with Crippen LogP contribution in [0.1, 0.15) is 24.5 Å². The summed E-state index contributed by atoms with van der Waals surface area (Å²) in [5.41, 5.74) is 7.75. The number of thiocarbonyl (C=S) groups is 1. The van der Waals surface area contributed by atoms with Crippen molar-refractivity contribution in [3.63, 3.8) is 0 Å². The summed E-state index contributed by atoms with van der Waals surface area (Å²) >= 11 is 5.06. The van der Waals surface area contributed by atoms with Gasteiger partial charge in [-0.2, -0.15) is 0 Å². The first-order valence-electron chi connectivity index (χ1n) is 7.31. The van der Waals surface area contributed by atoms with Crippen LogP contribution in [0.4, 0.5) is 0 Å². The predicted molar refractivity (Wildman–Crippen MR) is 93.0 cm³/mol. The van der Waals surface area contributed by atoms with E-state index in [2.05, 4.69) is 30.8 Å². The van der Waals surface area contributed by atoms with E-state index in [0.717, 1.165) is 49.5 Å². The lowest BCUT2D eigenvalue weighted by Crippen LogP contribution is -2.27. The van der Waals surface area contributed by atoms with E-state index in [-0.39, 0.29) is 0 Å². The maximum Gasteiger partial charge on any atom is 0.123 e. The Morgan fingerprint density at radius 1 is 1.29 bits per heavy atom. The average molecular weight is 309 g/mol. The lowest BCUT2D eigenvalue weighted by atomic mass is 10.1. The van der Waals surface area contributed by atoms with Crippen LogP contribution >= 0.6 is 12.2 Å². The van der Waals surface area contributed by atoms with Crippen LogP contribution in [0.5, 0.6) is 5.75 Å². The highest BCUT2D eigenvalue weighted by atomic mass is 32.1. The Bertz CT molecular complexity index is 463. The number of nitrogens with two attached hydrogens (primary N) is 1. The van der Waals surface area contributed by atoms with Crippen molar-refractivity contribution in [2.75, 3.05) is 40.8 Å². The second kappa shape index (κ2) is 8.97. The zero-order valence-corrected chi connectivity index (χ0v) is 14.4. The maximum atomic E-state index is 5.72. The number of hydrogen-bond acceptors (Lipinski definition) is 4. The smallest absolute Gasteiger partial charge is 0.123 e. The molecule has 21 heavy (non-hydrogen) atoms. The summed E-state index contributed by atoms with van der Waals surface area (Å²) in [4.78, 5) is 5.04. The van der Waals surface area contributed by atoms with Crippen LogP contribution in [0.3, 0.4) is 0 Å². The van der Waals surface area contributed by atoms with Gasteiger partial charge in [0.15, 0.2) is 0 Å². The number of methoxy groups -OCH3 is 1. The van der Waals surface area contributed by atoms with Gasteiger partial charge >= 0.3 is 0 Å². The Balaban J connectivity index is 2.77. The van der Waals surface area contributed by atoms with E-state index in [0.29, 0.717) is 4.99 Å². The van der Waals surface area contributed by atoms with E-state index in [4.69, 9.17) is 22.7 Å². The number of rotatable bonds is 9. The summed E-state index contributed by atoms with van der Waals surface area (Å²) in [7, 11) is 5.90. The molecule has 0 bridgehead atoms. The normalized spacial score (nSPS) is 11.1. The molecule has 1 aromatic rings. The summed E-state index contributed by atoms with van der Waals surface area (Å²) in [6, 6.07) is 5.89. The van der Waals surface area contributed by atoms with Crippen LogP contribution in [0.25, 0.3) is 0 Å². The highest BCUT2D eigenvalue weighted by Gasteiger charge is 2.10. The first-order valence-corrected chi connectivity index (χ1v) is 7.72. The van der Waals surface area contributed by atoms with Crippen molar-refractivity contribution in [2.45, 2.75) is 19.9 Å². The van der Waals surface area contributed by atoms with Gasteiger partial charge in [-0.1, -0.05) is 19.1 Å². The monoisotopic (exact) mass is 309 g/mol. The Labute approximate surface area is 133 Å². The van der Waals surface area contributed by atoms with Gasteiger partial charge in [-0.25, -0.2) is 0 Å². The molecule has 0 saturated carbocycles. The molecule has 0 heterocycles. The quantitative estimate of drug-likeness (QED) is 0.708. The third kappa shape index (κ3) is 5.99. The molecule has 5 heteroatoms. The molecule has 0 fully saturated rings. The number of ether oxygens (including phenoxy) is 1. The van der Waals surface area contributed by atoms with Crippen molar-refractivity contribution in [2.24, 2.45) is 5.73 Å². The number of nitrogens with zero attached hydrogens (tertiary/aromatic N) is 2. The van der Waals surface area contributed by atoms with Gasteiger partial charge in [0.1, 0.15) is 10.7 Å². The molecule has 0 radical (unpaired) electrons. The molecule has 0 aliphatic rings. The van der Waals surface area contributed by atoms with Gasteiger partial charge in [-0.3, -0.25) is 4.90 Å². The van der Waals surface area contributed by atoms with Crippen LogP contribution in [0.15, 0.2) is 18.2 Å². The molecule has 0 amide bonds. The maximum absolute atomic E-state index is 5.72. The summed E-state index contributed by atoms with van der Waals surface area (Å²) in [5.74, 6) is 0.890. The van der Waals surface area contributed by atoms with Gasteiger partial charge in [-0.05, 0) is 58.3 Å². The standard InChI is InChI=1S/C16H27N3OS/c1-5-19(10-6-9-18(2)3)12-14-11-13(16(17)21)7-8-15(14)20-4/h7-8,11H,5-6,9-10,12H2,1-4H3,(H2,17,21). The zero-order chi connectivity index (χ0) is 15.8. The van der Waals surface area contributed by atoms with Crippen LogP contribution in [-0.2, 0) is 6.54 Å². The minimum absolute atomic E-state index is 0.426. The molecule has 0 aliphatic heterocycles. The van der Waals surface area contributed by atoms with Crippen LogP contribution in [-0.4, -0.2) is 55.6 Å². The fourth-order valence-corrected chi connectivity index (χ4v) is 2.38. The van der Waals surface area contributed by atoms with Gasteiger partial charge in [0.2, 0.25) is 0 Å². The average Bonchev–Trinajstić information content (AvgIpc) is 2.45. The first kappa shape index (κ1) is 17.9. The van der Waals surface area contributed by atoms with E-state index in [1.165, 1.54) is 0 Å². The molecule has 0 aromatic heterocycles. The molecule has 0 saturated heterocycles. The fourth-order valence-electron chi connectivity index (χ4n) is 2.26. The minimum atomic E-state index is 0.426. The van der Waals surface area contributed by atoms with Gasteiger partial charge < -0.3 is 15.4 Å². The van der Waals surface area contributed by atoms with Crippen molar-refractivity contribution < 1.29 is 4.74 Å². The summed E-state index contributed by atoms with van der Waals surface area (Å²) in [6.45, 7) is 6.20. The van der Waals surface area contributed by atoms with E-state index in [9.17, 15) is 0 Å². The van der Waals surface area contributed by atoms with Crippen molar-refractivity contribution in [1.82, 2.24) is 9.80 Å². The highest BCUT2D eigenvalue weighted by Crippen LogP contribution is 2.21. The van der Waals surface area contributed by atoms with Crippen molar-refractivity contribution in [3.8, 4) is 5.75 Å². The SMILES string of the molecule is CCN(CCCN(C)C)Cc1cc(C(N)=S)ccc1OC. The van der Waals surface area contributed by atoms with Gasteiger partial charge in [0.25, 0.3) is 0 Å². The summed E-state index contributed by atoms with van der Waals surface area (Å²) in [5, 5.41) is 0. The topological polar surface area (TPSA) is 41.7 Å². The third-order valence-corrected chi connectivity index (χ3v) is 3.72. The lowest BCUT2D eigenvalue weighted by Gasteiger charge is -2.23. The predicted octanol–water partition coefficient (Wildman–Crippen LogP) is 2.10. The lowest BCUT2D eigenvalue weighted by molar-refractivity contribution is 0.255. The number of benzene rings is 1. The van der Waals surface area contributed by atoms with Gasteiger partial charge in [0, 0.05) is 17.7 Å². The molecule has 0 unspecified atom stereocenters. The molecule has 0 spiro atoms. The Morgan fingerprint density at radius 2 is 2.00 bits per heavy atom. The van der Waals surface area contributed by atoms with E-state index >= 15 is 0 Å². The molecular formula is C16H27N3OS. The van der Waals surface area contributed by atoms with Crippen molar-refractivity contribution in [3.05, 3.63) is 29.3 Å². The largest absolute Gasteiger partial charge is 0.496 e. The molecule has 0 atom stereocenters. The van der Waals surface area contributed by atoms with Crippen LogP contribution < -0.4 is 10.5 Å². The van der Waals surface area contributed by atoms with Crippen LogP contribution in [0, 0.1) is 0 Å². The second-order valence-corrected chi connectivity index (χ2v) is 5.86. The Kier molecular flexibility index (Phi) is 7.64. The third-order valence-electron chi connectivity index (χ3n) is 3.49. The molecule has 0 aliphatic carbocycles. The summed E-state index contributed by atoms with van der Waals surface area (Å²) < 4.78 is 5.45. The minimum Gasteiger partial charge on any atom is -0.496 e.